The predicted octanol–water partition coefficient (Wildman–Crippen LogP) is 3.82. The fourth-order valence-electron chi connectivity index (χ4n) is 4.40. The SMILES string of the molecule is CCn1ccc(C(=O)N[C@@H]2CC3(CCCCC3)Oc3ccccc32)cc1=O. The second-order valence-corrected chi connectivity index (χ2v) is 7.65. The molecule has 0 unspecified atom stereocenters. The van der Waals surface area contributed by atoms with Gasteiger partial charge in [-0.15, -0.1) is 0 Å². The Morgan fingerprint density at radius 3 is 2.74 bits per heavy atom. The lowest BCUT2D eigenvalue weighted by atomic mass is 9.77. The molecule has 1 spiro atoms. The molecule has 5 heteroatoms. The van der Waals surface area contributed by atoms with Gasteiger partial charge in [0.15, 0.2) is 0 Å². The summed E-state index contributed by atoms with van der Waals surface area (Å²) >= 11 is 0. The standard InChI is InChI=1S/C22H26N2O3/c1-2-24-13-10-16(14-20(24)25)21(26)23-18-15-22(11-6-3-7-12-22)27-19-9-5-4-8-17(18)19/h4-5,8-10,13-14,18H,2-3,6-7,11-12,15H2,1H3,(H,23,26)/t18-/m1/s1. The van der Waals surface area contributed by atoms with E-state index < -0.39 is 0 Å². The molecule has 1 aromatic carbocycles. The van der Waals surface area contributed by atoms with Gasteiger partial charge >= 0.3 is 0 Å². The number of nitrogens with one attached hydrogen (secondary N) is 1. The third kappa shape index (κ3) is 3.51. The molecule has 4 rings (SSSR count). The van der Waals surface area contributed by atoms with Crippen molar-refractivity contribution in [3.8, 4) is 5.75 Å². The van der Waals surface area contributed by atoms with Crippen LogP contribution in [0.4, 0.5) is 0 Å². The van der Waals surface area contributed by atoms with Gasteiger partial charge in [-0.3, -0.25) is 9.59 Å². The van der Waals surface area contributed by atoms with Crippen LogP contribution in [0.3, 0.4) is 0 Å². The lowest BCUT2D eigenvalue weighted by Gasteiger charge is -2.44. The summed E-state index contributed by atoms with van der Waals surface area (Å²) in [5.41, 5.74) is 1.09. The van der Waals surface area contributed by atoms with Gasteiger partial charge in [-0.05, 0) is 44.7 Å². The zero-order chi connectivity index (χ0) is 18.9. The van der Waals surface area contributed by atoms with Crippen molar-refractivity contribution in [1.82, 2.24) is 9.88 Å². The Kier molecular flexibility index (Phi) is 4.77. The van der Waals surface area contributed by atoms with Crippen LogP contribution in [0.15, 0.2) is 47.4 Å². The number of hydrogen-bond donors (Lipinski definition) is 1. The highest BCUT2D eigenvalue weighted by Crippen LogP contribution is 2.46. The molecule has 142 valence electrons. The molecule has 1 fully saturated rings. The molecule has 1 aliphatic heterocycles. The van der Waals surface area contributed by atoms with Crippen molar-refractivity contribution in [1.29, 1.82) is 0 Å². The maximum Gasteiger partial charge on any atom is 0.252 e. The molecular weight excluding hydrogens is 340 g/mol. The number of rotatable bonds is 3. The van der Waals surface area contributed by atoms with Crippen molar-refractivity contribution in [2.75, 3.05) is 0 Å². The Bertz CT molecular complexity index is 896. The van der Waals surface area contributed by atoms with Crippen LogP contribution < -0.4 is 15.6 Å². The molecule has 1 amide bonds. The van der Waals surface area contributed by atoms with Crippen LogP contribution in [0.2, 0.25) is 0 Å². The van der Waals surface area contributed by atoms with Crippen molar-refractivity contribution in [3.05, 3.63) is 64.1 Å². The molecule has 2 aliphatic rings. The first-order valence-corrected chi connectivity index (χ1v) is 9.89. The summed E-state index contributed by atoms with van der Waals surface area (Å²) in [5.74, 6) is 0.667. The van der Waals surface area contributed by atoms with E-state index in [2.05, 4.69) is 5.32 Å². The number of aromatic nitrogens is 1. The van der Waals surface area contributed by atoms with Gasteiger partial charge in [0.05, 0.1) is 6.04 Å². The summed E-state index contributed by atoms with van der Waals surface area (Å²) in [6, 6.07) is 11.0. The summed E-state index contributed by atoms with van der Waals surface area (Å²) in [5, 5.41) is 3.16. The molecule has 2 heterocycles. The lowest BCUT2D eigenvalue weighted by molar-refractivity contribution is -0.00210. The van der Waals surface area contributed by atoms with E-state index in [1.165, 1.54) is 12.5 Å². The summed E-state index contributed by atoms with van der Waals surface area (Å²) in [6.07, 6.45) is 8.09. The fraction of sp³-hybridized carbons (Fsp3) is 0.455. The third-order valence-corrected chi connectivity index (χ3v) is 5.87. The minimum Gasteiger partial charge on any atom is -0.487 e. The number of para-hydroxylation sites is 1. The lowest BCUT2D eigenvalue weighted by Crippen LogP contribution is -2.46. The minimum absolute atomic E-state index is 0.103. The van der Waals surface area contributed by atoms with Gasteiger partial charge in [-0.25, -0.2) is 0 Å². The van der Waals surface area contributed by atoms with E-state index in [9.17, 15) is 9.59 Å². The van der Waals surface area contributed by atoms with Crippen molar-refractivity contribution in [3.63, 3.8) is 0 Å². The van der Waals surface area contributed by atoms with Crippen LogP contribution in [-0.4, -0.2) is 16.1 Å². The van der Waals surface area contributed by atoms with Gasteiger partial charge in [0.25, 0.3) is 11.5 Å². The molecule has 0 saturated heterocycles. The van der Waals surface area contributed by atoms with Crippen LogP contribution in [0.25, 0.3) is 0 Å². The van der Waals surface area contributed by atoms with Crippen molar-refractivity contribution in [2.24, 2.45) is 0 Å². The molecule has 0 radical (unpaired) electrons. The van der Waals surface area contributed by atoms with E-state index in [1.54, 1.807) is 16.8 Å². The number of amides is 1. The Morgan fingerprint density at radius 1 is 1.22 bits per heavy atom. The average Bonchev–Trinajstić information content (AvgIpc) is 2.68. The number of carbonyl (C=O) groups excluding carboxylic acids is 1. The number of hydrogen-bond acceptors (Lipinski definition) is 3. The maximum absolute atomic E-state index is 12.8. The maximum atomic E-state index is 12.8. The molecule has 1 aromatic heterocycles. The zero-order valence-corrected chi connectivity index (χ0v) is 15.7. The quantitative estimate of drug-likeness (QED) is 0.898. The summed E-state index contributed by atoms with van der Waals surface area (Å²) in [4.78, 5) is 24.9. The van der Waals surface area contributed by atoms with Crippen LogP contribution in [0, 0.1) is 0 Å². The van der Waals surface area contributed by atoms with Gasteiger partial charge in [0.1, 0.15) is 11.4 Å². The highest BCUT2D eigenvalue weighted by molar-refractivity contribution is 5.94. The molecule has 1 N–H and O–H groups in total. The first kappa shape index (κ1) is 17.8. The van der Waals surface area contributed by atoms with Gasteiger partial charge < -0.3 is 14.6 Å². The molecule has 1 aliphatic carbocycles. The highest BCUT2D eigenvalue weighted by Gasteiger charge is 2.42. The van der Waals surface area contributed by atoms with E-state index in [-0.39, 0.29) is 23.1 Å². The first-order chi connectivity index (χ1) is 13.1. The second kappa shape index (κ2) is 7.22. The largest absolute Gasteiger partial charge is 0.487 e. The molecule has 1 atom stereocenters. The number of nitrogens with zero attached hydrogens (tertiary/aromatic N) is 1. The van der Waals surface area contributed by atoms with Crippen LogP contribution in [-0.2, 0) is 6.54 Å². The van der Waals surface area contributed by atoms with Crippen molar-refractivity contribution in [2.45, 2.75) is 63.6 Å². The van der Waals surface area contributed by atoms with Gasteiger partial charge in [-0.1, -0.05) is 24.6 Å². The minimum atomic E-state index is -0.206. The smallest absolute Gasteiger partial charge is 0.252 e. The van der Waals surface area contributed by atoms with E-state index in [1.807, 2.05) is 31.2 Å². The van der Waals surface area contributed by atoms with Crippen LogP contribution in [0.1, 0.15) is 67.4 Å². The molecule has 27 heavy (non-hydrogen) atoms. The highest BCUT2D eigenvalue weighted by atomic mass is 16.5. The van der Waals surface area contributed by atoms with E-state index in [0.29, 0.717) is 12.1 Å². The van der Waals surface area contributed by atoms with Crippen LogP contribution in [0.5, 0.6) is 5.75 Å². The first-order valence-electron chi connectivity index (χ1n) is 9.89. The third-order valence-electron chi connectivity index (χ3n) is 5.87. The van der Waals surface area contributed by atoms with Crippen molar-refractivity contribution < 1.29 is 9.53 Å². The summed E-state index contributed by atoms with van der Waals surface area (Å²) in [7, 11) is 0. The number of benzene rings is 1. The van der Waals surface area contributed by atoms with Crippen molar-refractivity contribution >= 4 is 5.91 Å². The van der Waals surface area contributed by atoms with E-state index >= 15 is 0 Å². The summed E-state index contributed by atoms with van der Waals surface area (Å²) in [6.45, 7) is 2.50. The van der Waals surface area contributed by atoms with Gasteiger partial charge in [0.2, 0.25) is 0 Å². The summed E-state index contributed by atoms with van der Waals surface area (Å²) < 4.78 is 8.00. The molecule has 1 saturated carbocycles. The normalized spacial score (nSPS) is 20.6. The number of ether oxygens (including phenoxy) is 1. The number of fused-ring (bicyclic) bond motifs is 1. The Morgan fingerprint density at radius 2 is 2.00 bits per heavy atom. The van der Waals surface area contributed by atoms with E-state index in [0.717, 1.165) is 43.4 Å². The number of carbonyl (C=O) groups is 1. The Hall–Kier alpha value is -2.56. The average molecular weight is 366 g/mol. The number of pyridine rings is 1. The molecule has 5 nitrogen and oxygen atoms in total. The Balaban J connectivity index is 1.61. The predicted molar refractivity (Wildman–Crippen MR) is 104 cm³/mol. The molecular formula is C22H26N2O3. The van der Waals surface area contributed by atoms with Crippen LogP contribution >= 0.6 is 0 Å². The molecule has 0 bridgehead atoms. The van der Waals surface area contributed by atoms with Gasteiger partial charge in [0, 0.05) is 36.4 Å². The molecule has 2 aromatic rings. The Labute approximate surface area is 159 Å². The topological polar surface area (TPSA) is 60.3 Å². The second-order valence-electron chi connectivity index (χ2n) is 7.65. The monoisotopic (exact) mass is 366 g/mol. The van der Waals surface area contributed by atoms with Gasteiger partial charge in [-0.2, -0.15) is 0 Å². The zero-order valence-electron chi connectivity index (χ0n) is 15.7. The number of aryl methyl sites for hydroxylation is 1. The fourth-order valence-corrected chi connectivity index (χ4v) is 4.40. The van der Waals surface area contributed by atoms with E-state index in [4.69, 9.17) is 4.74 Å².